The third-order valence-corrected chi connectivity index (χ3v) is 25.5. The Morgan fingerprint density at radius 1 is 0.570 bits per heavy atom. The Kier molecular flexibility index (Phi) is 14.2. The van der Waals surface area contributed by atoms with E-state index in [2.05, 4.69) is 78.9 Å². The highest BCUT2D eigenvalue weighted by Gasteiger charge is 2.74. The summed E-state index contributed by atoms with van der Waals surface area (Å²) in [6.45, 7) is 41.5. The summed E-state index contributed by atoms with van der Waals surface area (Å²) in [6, 6.07) is 0. The minimum absolute atomic E-state index is 0.0369. The molecule has 0 unspecified atom stereocenters. The number of hydrogen-bond acceptors (Lipinski definition) is 11. The van der Waals surface area contributed by atoms with E-state index in [0.717, 1.165) is 88.2 Å². The molecule has 0 aliphatic heterocycles. The van der Waals surface area contributed by atoms with E-state index in [0.29, 0.717) is 12.8 Å². The Bertz CT molecular complexity index is 2880. The number of allylic oxidation sites excluding steroid dienone is 8. The van der Waals surface area contributed by atoms with Gasteiger partial charge in [0.05, 0.1) is 51.4 Å². The van der Waals surface area contributed by atoms with Crippen LogP contribution in [-0.2, 0) is 47.7 Å². The summed E-state index contributed by atoms with van der Waals surface area (Å²) in [5.74, 6) is -1.72. The summed E-state index contributed by atoms with van der Waals surface area (Å²) in [7, 11) is 4.49. The second kappa shape index (κ2) is 19.0. The first-order valence-corrected chi connectivity index (χ1v) is 29.4. The van der Waals surface area contributed by atoms with Crippen LogP contribution in [0.3, 0.4) is 0 Å². The van der Waals surface area contributed by atoms with E-state index in [1.54, 1.807) is 20.1 Å². The fourth-order valence-electron chi connectivity index (χ4n) is 20.7. The molecule has 6 saturated carbocycles. The number of nitrogens with zero attached hydrogens (tertiary/aromatic N) is 2. The molecule has 1 N–H and O–H groups in total. The number of aliphatic hydroxyl groups excluding tert-OH is 1. The molecule has 0 amide bonds. The first-order valence-electron chi connectivity index (χ1n) is 29.4. The van der Waals surface area contributed by atoms with Gasteiger partial charge in [-0.2, -0.15) is 0 Å². The van der Waals surface area contributed by atoms with Gasteiger partial charge in [0.15, 0.2) is 23.1 Å². The minimum atomic E-state index is -1.06. The number of fused-ring (bicyclic) bond motifs is 14. The largest absolute Gasteiger partial charge is 0.469 e. The Morgan fingerprint density at radius 2 is 0.949 bits per heavy atom. The van der Waals surface area contributed by atoms with E-state index >= 15 is 0 Å². The molecular formula is C66H90N2O11. The van der Waals surface area contributed by atoms with E-state index in [4.69, 9.17) is 32.1 Å². The van der Waals surface area contributed by atoms with Gasteiger partial charge in [-0.1, -0.05) is 106 Å². The van der Waals surface area contributed by atoms with Gasteiger partial charge >= 0.3 is 11.9 Å². The standard InChI is InChI=1S/C34H47NO6.C32H43NO5/c1-29(2)12-14-34(28(38)40-9)15-13-33(6)26(21(34)17-29)23(36)16-25-30(3)18-22(35-7)27(37)31(4,19-41-20-39-8)24(30)10-11-32(25,33)5;1-27(2)11-13-32(26(37)38-8)14-12-31(6)24(19(32)16-27)21(35)15-23-28(3)17-20(33-7)25(36)29(4,18-34)22(28)9-10-30(23,31)5/h16,18,21,24,26H,10-15,17,19-20H2,1-6,8-9H3;15,17,19,22,24,34H,9-14,16,18H2,1-6,8H3/t21-,24+,26-,30-,31+,32+,33+,34-;19-,22+,24-,28-,29+,30+,31+,32-/m00/s1. The molecule has 0 bridgehead atoms. The molecule has 0 spiro atoms. The van der Waals surface area contributed by atoms with Crippen molar-refractivity contribution in [2.45, 2.75) is 173 Å². The zero-order valence-electron chi connectivity index (χ0n) is 50.2. The van der Waals surface area contributed by atoms with Crippen LogP contribution in [0.2, 0.25) is 0 Å². The molecule has 10 aliphatic carbocycles. The number of Topliss-reactive ketones (excluding diaryl/α,β-unsaturated/α-hetero) is 2. The average Bonchev–Trinajstić information content (AvgIpc) is 1.90. The van der Waals surface area contributed by atoms with Crippen LogP contribution in [0.1, 0.15) is 173 Å². The summed E-state index contributed by atoms with van der Waals surface area (Å²) in [4.78, 5) is 90.0. The fourth-order valence-corrected chi connectivity index (χ4v) is 20.7. The smallest absolute Gasteiger partial charge is 0.312 e. The predicted molar refractivity (Wildman–Crippen MR) is 297 cm³/mol. The molecule has 0 heterocycles. The summed E-state index contributed by atoms with van der Waals surface area (Å²) in [6.07, 6.45) is 18.4. The Morgan fingerprint density at radius 3 is 1.32 bits per heavy atom. The molecule has 16 atom stereocenters. The summed E-state index contributed by atoms with van der Waals surface area (Å²) < 4.78 is 21.7. The number of ether oxygens (including phenoxy) is 4. The lowest BCUT2D eigenvalue weighted by atomic mass is 9.34. The monoisotopic (exact) mass is 1090 g/mol. The van der Waals surface area contributed by atoms with Crippen molar-refractivity contribution in [3.05, 3.63) is 69.7 Å². The SMILES string of the molecule is [C-]#[N+]C1=C[C@]2(C)C3=CC(=O)[C@@H]4[C@@H]5CC(C)(C)CC[C@]5(C(=O)OC)CC[C@@]4(C)[C@]3(C)CC[C@H]2[C@@](C)(CO)C1=O.[C-]#[N+]C1=C[C@]2(C)C3=CC(=O)[C@@H]4[C@@H]5CC(C)(C)CC[C@]5(C(=O)OC)CC[C@@]4(C)[C@]3(C)CC[C@H]2[C@@](C)(COCOC)C1=O. The molecule has 0 aromatic heterocycles. The summed E-state index contributed by atoms with van der Waals surface area (Å²) >= 11 is 0. The highest BCUT2D eigenvalue weighted by atomic mass is 16.7. The normalized spacial score (nSPS) is 45.9. The van der Waals surface area contributed by atoms with E-state index < -0.39 is 32.5 Å². The lowest BCUT2D eigenvalue weighted by Gasteiger charge is -2.69. The van der Waals surface area contributed by atoms with E-state index in [-0.39, 0.29) is 134 Å². The Hall–Kier alpha value is -4.56. The van der Waals surface area contributed by atoms with Crippen LogP contribution in [0.15, 0.2) is 46.8 Å². The van der Waals surface area contributed by atoms with Crippen molar-refractivity contribution in [2.75, 3.05) is 41.3 Å². The second-order valence-electron chi connectivity index (χ2n) is 30.1. The summed E-state index contributed by atoms with van der Waals surface area (Å²) in [5.41, 5.74) is -3.69. The molecule has 6 fully saturated rings. The molecule has 79 heavy (non-hydrogen) atoms. The number of hydrogen-bond donors (Lipinski definition) is 1. The van der Waals surface area contributed by atoms with E-state index in [1.165, 1.54) is 14.2 Å². The van der Waals surface area contributed by atoms with Gasteiger partial charge in [0.25, 0.3) is 0 Å². The lowest BCUT2D eigenvalue weighted by Crippen LogP contribution is -2.66. The number of carbonyl (C=O) groups excluding carboxylic acids is 6. The van der Waals surface area contributed by atoms with E-state index in [9.17, 15) is 33.9 Å². The van der Waals surface area contributed by atoms with Crippen molar-refractivity contribution in [1.29, 1.82) is 0 Å². The second-order valence-corrected chi connectivity index (χ2v) is 30.1. The molecule has 13 heteroatoms. The third-order valence-electron chi connectivity index (χ3n) is 25.5. The van der Waals surface area contributed by atoms with Crippen molar-refractivity contribution >= 4 is 35.1 Å². The van der Waals surface area contributed by atoms with Gasteiger partial charge in [0.1, 0.15) is 6.79 Å². The van der Waals surface area contributed by atoms with Gasteiger partial charge in [-0.25, -0.2) is 9.69 Å². The zero-order chi connectivity index (χ0) is 58.3. The van der Waals surface area contributed by atoms with Gasteiger partial charge in [-0.15, -0.1) is 0 Å². The van der Waals surface area contributed by atoms with E-state index in [1.807, 2.05) is 25.2 Å². The maximum absolute atomic E-state index is 14.5. The molecule has 0 aromatic carbocycles. The topological polar surface area (TPSA) is 168 Å². The molecule has 0 radical (unpaired) electrons. The molecule has 0 aromatic rings. The third kappa shape index (κ3) is 7.86. The minimum Gasteiger partial charge on any atom is -0.469 e. The van der Waals surface area contributed by atoms with Crippen molar-refractivity contribution in [2.24, 2.45) is 100 Å². The molecule has 10 aliphatic rings. The molecule has 13 nitrogen and oxygen atoms in total. The maximum Gasteiger partial charge on any atom is 0.312 e. The van der Waals surface area contributed by atoms with Crippen LogP contribution in [0.25, 0.3) is 9.69 Å². The molecular weight excluding hydrogens is 997 g/mol. The van der Waals surface area contributed by atoms with Gasteiger partial charge in [-0.05, 0) is 158 Å². The van der Waals surface area contributed by atoms with Crippen LogP contribution >= 0.6 is 0 Å². The predicted octanol–water partition coefficient (Wildman–Crippen LogP) is 12.0. The first-order chi connectivity index (χ1) is 36.7. The van der Waals surface area contributed by atoms with Crippen LogP contribution in [-0.4, -0.2) is 81.5 Å². The van der Waals surface area contributed by atoms with Gasteiger partial charge in [0.2, 0.25) is 11.4 Å². The average molecular weight is 1090 g/mol. The number of ketones is 4. The molecule has 10 rings (SSSR count). The van der Waals surface area contributed by atoms with Crippen LogP contribution in [0.5, 0.6) is 0 Å². The number of aliphatic hydroxyl groups is 1. The maximum atomic E-state index is 14.5. The quantitative estimate of drug-likeness (QED) is 0.111. The van der Waals surface area contributed by atoms with Crippen molar-refractivity contribution in [3.8, 4) is 0 Å². The molecule has 0 saturated heterocycles. The van der Waals surface area contributed by atoms with Gasteiger partial charge in [-0.3, -0.25) is 19.2 Å². The van der Waals surface area contributed by atoms with Crippen LogP contribution in [0, 0.1) is 114 Å². The number of rotatable bonds is 7. The lowest BCUT2D eigenvalue weighted by molar-refractivity contribution is -0.192. The van der Waals surface area contributed by atoms with Crippen molar-refractivity contribution in [1.82, 2.24) is 0 Å². The zero-order valence-corrected chi connectivity index (χ0v) is 50.2. The highest BCUT2D eigenvalue weighted by molar-refractivity contribution is 6.04. The fraction of sp³-hybridized carbons (Fsp3) is 0.758. The van der Waals surface area contributed by atoms with Crippen molar-refractivity contribution in [3.63, 3.8) is 0 Å². The number of esters is 2. The van der Waals surface area contributed by atoms with Gasteiger partial charge in [0, 0.05) is 40.6 Å². The Labute approximate surface area is 470 Å². The number of methoxy groups -OCH3 is 3. The molecule has 430 valence electrons. The first kappa shape index (κ1) is 59.1. The van der Waals surface area contributed by atoms with Crippen LogP contribution in [0.4, 0.5) is 0 Å². The summed E-state index contributed by atoms with van der Waals surface area (Å²) in [5, 5.41) is 10.4. The Balaban J connectivity index is 0.000000192. The highest BCUT2D eigenvalue weighted by Crippen LogP contribution is 2.77. The number of carbonyl (C=O) groups is 6. The van der Waals surface area contributed by atoms with Crippen molar-refractivity contribution < 1.29 is 52.8 Å². The van der Waals surface area contributed by atoms with Gasteiger partial charge < -0.3 is 33.6 Å². The van der Waals surface area contributed by atoms with Crippen LogP contribution < -0.4 is 0 Å².